The normalized spacial score (nSPS) is 11.3. The molecule has 3 rings (SSSR count). The van der Waals surface area contributed by atoms with Gasteiger partial charge in [0.2, 0.25) is 11.0 Å². The first-order valence-corrected chi connectivity index (χ1v) is 9.56. The van der Waals surface area contributed by atoms with E-state index in [-0.39, 0.29) is 5.91 Å². The summed E-state index contributed by atoms with van der Waals surface area (Å²) in [5.41, 5.74) is 3.16. The van der Waals surface area contributed by atoms with Gasteiger partial charge < -0.3 is 0 Å². The van der Waals surface area contributed by atoms with Crippen LogP contribution in [-0.2, 0) is 10.5 Å². The van der Waals surface area contributed by atoms with Crippen LogP contribution in [0.3, 0.4) is 0 Å². The molecule has 0 spiro atoms. The summed E-state index contributed by atoms with van der Waals surface area (Å²) in [6, 6.07) is 20.0. The molecule has 4 nitrogen and oxygen atoms in total. The van der Waals surface area contributed by atoms with Crippen molar-refractivity contribution in [3.63, 3.8) is 0 Å². The highest BCUT2D eigenvalue weighted by atomic mass is 32.2. The lowest BCUT2D eigenvalue weighted by Crippen LogP contribution is -2.08. The summed E-state index contributed by atoms with van der Waals surface area (Å²) in [7, 11) is 0. The molecular formula is C19H17N3OS2. The molecule has 0 saturated heterocycles. The summed E-state index contributed by atoms with van der Waals surface area (Å²) in [5.74, 6) is 0.633. The fourth-order valence-corrected chi connectivity index (χ4v) is 3.87. The van der Waals surface area contributed by atoms with E-state index < -0.39 is 0 Å². The van der Waals surface area contributed by atoms with Crippen LogP contribution in [0.15, 0.2) is 71.1 Å². The van der Waals surface area contributed by atoms with Crippen LogP contribution in [0.4, 0.5) is 5.13 Å². The Labute approximate surface area is 155 Å². The number of nitrogens with one attached hydrogen (secondary N) is 1. The standard InChI is InChI=1S/C19H17N3OS2/c1-14(16-10-6-3-7-11-16)12-17(23)20-18-21-22-19(25-18)24-13-15-8-4-2-5-9-15/h2-12H,13H2,1H3,(H,20,21,23). The van der Waals surface area contributed by atoms with Gasteiger partial charge in [-0.2, -0.15) is 0 Å². The number of carbonyl (C=O) groups is 1. The summed E-state index contributed by atoms with van der Waals surface area (Å²) in [4.78, 5) is 12.1. The van der Waals surface area contributed by atoms with Gasteiger partial charge in [0.25, 0.3) is 0 Å². The molecule has 0 bridgehead atoms. The third-order valence-electron chi connectivity index (χ3n) is 3.42. The lowest BCUT2D eigenvalue weighted by Gasteiger charge is -2.01. The molecule has 0 aliphatic heterocycles. The van der Waals surface area contributed by atoms with Crippen molar-refractivity contribution in [3.8, 4) is 0 Å². The van der Waals surface area contributed by atoms with Crippen molar-refractivity contribution in [2.24, 2.45) is 0 Å². The van der Waals surface area contributed by atoms with Gasteiger partial charge in [0.05, 0.1) is 0 Å². The molecule has 2 aromatic carbocycles. The van der Waals surface area contributed by atoms with Gasteiger partial charge in [0.1, 0.15) is 0 Å². The highest BCUT2D eigenvalue weighted by molar-refractivity contribution is 8.00. The molecule has 1 heterocycles. The minimum Gasteiger partial charge on any atom is -0.297 e. The van der Waals surface area contributed by atoms with Gasteiger partial charge in [0, 0.05) is 11.8 Å². The lowest BCUT2D eigenvalue weighted by molar-refractivity contribution is -0.111. The maximum atomic E-state index is 12.1. The monoisotopic (exact) mass is 367 g/mol. The number of hydrogen-bond acceptors (Lipinski definition) is 5. The third-order valence-corrected chi connectivity index (χ3v) is 5.46. The molecule has 0 atom stereocenters. The van der Waals surface area contributed by atoms with E-state index in [9.17, 15) is 4.79 Å². The number of allylic oxidation sites excluding steroid dienone is 1. The Morgan fingerprint density at radius 1 is 1.08 bits per heavy atom. The summed E-state index contributed by atoms with van der Waals surface area (Å²) in [6.07, 6.45) is 1.58. The molecule has 0 fully saturated rings. The van der Waals surface area contributed by atoms with Gasteiger partial charge in [-0.05, 0) is 23.6 Å². The van der Waals surface area contributed by atoms with E-state index in [1.54, 1.807) is 17.8 Å². The number of anilines is 1. The second-order valence-corrected chi connectivity index (χ2v) is 7.53. The minimum absolute atomic E-state index is 0.197. The molecule has 1 N–H and O–H groups in total. The van der Waals surface area contributed by atoms with Crippen LogP contribution in [0.1, 0.15) is 18.1 Å². The van der Waals surface area contributed by atoms with Crippen LogP contribution in [-0.4, -0.2) is 16.1 Å². The smallest absolute Gasteiger partial charge is 0.250 e. The number of rotatable bonds is 6. The molecule has 0 aliphatic carbocycles. The summed E-state index contributed by atoms with van der Waals surface area (Å²) >= 11 is 2.99. The first kappa shape index (κ1) is 17.4. The van der Waals surface area contributed by atoms with Crippen molar-refractivity contribution in [1.29, 1.82) is 0 Å². The fraction of sp³-hybridized carbons (Fsp3) is 0.105. The van der Waals surface area contributed by atoms with Crippen LogP contribution in [0.25, 0.3) is 5.57 Å². The first-order chi connectivity index (χ1) is 12.2. The SMILES string of the molecule is CC(=CC(=O)Nc1nnc(SCc2ccccc2)s1)c1ccccc1. The Balaban J connectivity index is 1.56. The van der Waals surface area contributed by atoms with E-state index in [0.717, 1.165) is 21.2 Å². The lowest BCUT2D eigenvalue weighted by atomic mass is 10.1. The van der Waals surface area contributed by atoms with E-state index in [1.807, 2.05) is 55.5 Å². The molecule has 0 aliphatic rings. The zero-order valence-electron chi connectivity index (χ0n) is 13.7. The maximum Gasteiger partial charge on any atom is 0.250 e. The summed E-state index contributed by atoms with van der Waals surface area (Å²) in [5, 5.41) is 11.4. The van der Waals surface area contributed by atoms with Gasteiger partial charge in [-0.15, -0.1) is 10.2 Å². The van der Waals surface area contributed by atoms with Crippen molar-refractivity contribution in [3.05, 3.63) is 77.9 Å². The van der Waals surface area contributed by atoms with E-state index >= 15 is 0 Å². The quantitative estimate of drug-likeness (QED) is 0.383. The van der Waals surface area contributed by atoms with Crippen LogP contribution in [0, 0.1) is 0 Å². The van der Waals surface area contributed by atoms with E-state index in [2.05, 4.69) is 27.6 Å². The van der Waals surface area contributed by atoms with Gasteiger partial charge in [-0.1, -0.05) is 83.8 Å². The summed E-state index contributed by atoms with van der Waals surface area (Å²) in [6.45, 7) is 1.91. The second-order valence-electron chi connectivity index (χ2n) is 5.33. The van der Waals surface area contributed by atoms with Crippen LogP contribution >= 0.6 is 23.1 Å². The number of hydrogen-bond donors (Lipinski definition) is 1. The van der Waals surface area contributed by atoms with Crippen molar-refractivity contribution in [2.45, 2.75) is 17.0 Å². The Morgan fingerprint density at radius 2 is 1.76 bits per heavy atom. The molecule has 126 valence electrons. The minimum atomic E-state index is -0.197. The molecule has 0 saturated carbocycles. The maximum absolute atomic E-state index is 12.1. The van der Waals surface area contributed by atoms with E-state index in [0.29, 0.717) is 5.13 Å². The van der Waals surface area contributed by atoms with E-state index in [4.69, 9.17) is 0 Å². The van der Waals surface area contributed by atoms with Crippen LogP contribution < -0.4 is 5.32 Å². The van der Waals surface area contributed by atoms with Crippen LogP contribution in [0.2, 0.25) is 0 Å². The predicted octanol–water partition coefficient (Wildman–Crippen LogP) is 4.87. The fourth-order valence-electron chi connectivity index (χ4n) is 2.16. The zero-order valence-corrected chi connectivity index (χ0v) is 15.3. The number of carbonyl (C=O) groups excluding carboxylic acids is 1. The highest BCUT2D eigenvalue weighted by Gasteiger charge is 2.08. The van der Waals surface area contributed by atoms with Gasteiger partial charge >= 0.3 is 0 Å². The molecule has 1 aromatic heterocycles. The Morgan fingerprint density at radius 3 is 2.48 bits per heavy atom. The van der Waals surface area contributed by atoms with Crippen molar-refractivity contribution < 1.29 is 4.79 Å². The Hall–Kier alpha value is -2.44. The molecule has 0 radical (unpaired) electrons. The number of amides is 1. The average Bonchev–Trinajstić information content (AvgIpc) is 3.08. The molecule has 6 heteroatoms. The van der Waals surface area contributed by atoms with Crippen LogP contribution in [0.5, 0.6) is 0 Å². The van der Waals surface area contributed by atoms with Gasteiger partial charge in [0.15, 0.2) is 4.34 Å². The van der Waals surface area contributed by atoms with Crippen molar-refractivity contribution >= 4 is 39.7 Å². The van der Waals surface area contributed by atoms with Crippen molar-refractivity contribution in [1.82, 2.24) is 10.2 Å². The highest BCUT2D eigenvalue weighted by Crippen LogP contribution is 2.28. The van der Waals surface area contributed by atoms with Crippen molar-refractivity contribution in [2.75, 3.05) is 5.32 Å². The first-order valence-electron chi connectivity index (χ1n) is 7.75. The van der Waals surface area contributed by atoms with E-state index in [1.165, 1.54) is 16.9 Å². The molecule has 3 aromatic rings. The molecular weight excluding hydrogens is 350 g/mol. The topological polar surface area (TPSA) is 54.9 Å². The largest absolute Gasteiger partial charge is 0.297 e. The number of aromatic nitrogens is 2. The summed E-state index contributed by atoms with van der Waals surface area (Å²) < 4.78 is 0.836. The van der Waals surface area contributed by atoms with Gasteiger partial charge in [-0.25, -0.2) is 0 Å². The Bertz CT molecular complexity index is 861. The third kappa shape index (κ3) is 5.27. The molecule has 25 heavy (non-hydrogen) atoms. The molecule has 0 unspecified atom stereocenters. The number of nitrogens with zero attached hydrogens (tertiary/aromatic N) is 2. The van der Waals surface area contributed by atoms with Gasteiger partial charge in [-0.3, -0.25) is 10.1 Å². The average molecular weight is 367 g/mol. The zero-order chi connectivity index (χ0) is 17.5. The number of thioether (sulfide) groups is 1. The second kappa shape index (κ2) is 8.60. The molecule has 1 amide bonds. The predicted molar refractivity (Wildman–Crippen MR) is 105 cm³/mol. The Kier molecular flexibility index (Phi) is 5.98. The number of benzene rings is 2.